The van der Waals surface area contributed by atoms with Crippen LogP contribution < -0.4 is 0 Å². The molecule has 0 aliphatic heterocycles. The number of nitrogens with zero attached hydrogens (tertiary/aromatic N) is 1. The Bertz CT molecular complexity index is 227. The molecular weight excluding hydrogens is 174 g/mol. The smallest absolute Gasteiger partial charge is 0.321 e. The molecule has 0 heterocycles. The van der Waals surface area contributed by atoms with Crippen molar-refractivity contribution in [1.29, 1.82) is 5.26 Å². The molecule has 0 N–H and O–H groups in total. The summed E-state index contributed by atoms with van der Waals surface area (Å²) in [7, 11) is 2.31. The van der Waals surface area contributed by atoms with Gasteiger partial charge in [0.1, 0.15) is 0 Å². The molecule has 13 heavy (non-hydrogen) atoms. The molecule has 0 fully saturated rings. The van der Waals surface area contributed by atoms with Crippen LogP contribution >= 0.6 is 0 Å². The van der Waals surface area contributed by atoms with Crippen molar-refractivity contribution >= 4 is 11.9 Å². The van der Waals surface area contributed by atoms with Gasteiger partial charge in [-0.25, -0.2) is 0 Å². The fourth-order valence-electron chi connectivity index (χ4n) is 0.833. The zero-order valence-corrected chi connectivity index (χ0v) is 7.73. The number of ether oxygens (including phenoxy) is 2. The summed E-state index contributed by atoms with van der Waals surface area (Å²) in [5.41, 5.74) is 0. The molecule has 1 atom stereocenters. The van der Waals surface area contributed by atoms with Crippen molar-refractivity contribution in [2.45, 2.75) is 6.92 Å². The van der Waals surface area contributed by atoms with E-state index >= 15 is 0 Å². The van der Waals surface area contributed by atoms with E-state index < -0.39 is 23.8 Å². The molecule has 72 valence electrons. The first-order valence-corrected chi connectivity index (χ1v) is 3.63. The Kier molecular flexibility index (Phi) is 4.52. The molecule has 0 aromatic rings. The van der Waals surface area contributed by atoms with Gasteiger partial charge in [0.2, 0.25) is 0 Å². The fourth-order valence-corrected chi connectivity index (χ4v) is 0.833. The van der Waals surface area contributed by atoms with Crippen LogP contribution in [-0.4, -0.2) is 26.2 Å². The van der Waals surface area contributed by atoms with Gasteiger partial charge in [-0.2, -0.15) is 5.26 Å². The van der Waals surface area contributed by atoms with E-state index in [9.17, 15) is 9.59 Å². The standard InChI is InChI=1S/C8H11NO4/c1-5(4-9)6(7(10)12-2)8(11)13-3/h5-6H,1-3H3. The SMILES string of the molecule is COC(=O)C(C(=O)OC)C(C)C#N. The highest BCUT2D eigenvalue weighted by molar-refractivity contribution is 5.95. The van der Waals surface area contributed by atoms with Gasteiger partial charge in [-0.15, -0.1) is 0 Å². The highest BCUT2D eigenvalue weighted by atomic mass is 16.5. The van der Waals surface area contributed by atoms with Gasteiger partial charge in [-0.05, 0) is 6.92 Å². The fraction of sp³-hybridized carbons (Fsp3) is 0.625. The topological polar surface area (TPSA) is 76.4 Å². The van der Waals surface area contributed by atoms with Crippen molar-refractivity contribution in [3.05, 3.63) is 0 Å². The van der Waals surface area contributed by atoms with Crippen molar-refractivity contribution in [2.24, 2.45) is 11.8 Å². The first-order valence-electron chi connectivity index (χ1n) is 3.63. The summed E-state index contributed by atoms with van der Waals surface area (Å²) >= 11 is 0. The molecule has 1 unspecified atom stereocenters. The number of carbonyl (C=O) groups excluding carboxylic acids is 2. The van der Waals surface area contributed by atoms with Gasteiger partial charge in [0.05, 0.1) is 26.2 Å². The van der Waals surface area contributed by atoms with Gasteiger partial charge in [-0.1, -0.05) is 0 Å². The van der Waals surface area contributed by atoms with E-state index in [0.29, 0.717) is 0 Å². The van der Waals surface area contributed by atoms with Gasteiger partial charge in [0.15, 0.2) is 5.92 Å². The van der Waals surface area contributed by atoms with Crippen LogP contribution in [0.3, 0.4) is 0 Å². The van der Waals surface area contributed by atoms with Crippen molar-refractivity contribution in [3.8, 4) is 6.07 Å². The first kappa shape index (κ1) is 11.4. The van der Waals surface area contributed by atoms with Crippen LogP contribution in [-0.2, 0) is 19.1 Å². The lowest BCUT2D eigenvalue weighted by atomic mass is 9.96. The first-order chi connectivity index (χ1) is 6.08. The molecule has 0 spiro atoms. The largest absolute Gasteiger partial charge is 0.468 e. The van der Waals surface area contributed by atoms with E-state index in [0.717, 1.165) is 14.2 Å². The molecule has 0 aromatic heterocycles. The maximum Gasteiger partial charge on any atom is 0.321 e. The van der Waals surface area contributed by atoms with E-state index in [-0.39, 0.29) is 0 Å². The minimum atomic E-state index is -1.15. The minimum Gasteiger partial charge on any atom is -0.468 e. The Labute approximate surface area is 76.2 Å². The molecule has 0 aromatic carbocycles. The predicted molar refractivity (Wildman–Crippen MR) is 42.3 cm³/mol. The second-order valence-corrected chi connectivity index (χ2v) is 2.44. The van der Waals surface area contributed by atoms with E-state index in [1.54, 1.807) is 6.07 Å². The van der Waals surface area contributed by atoms with E-state index in [1.165, 1.54) is 6.92 Å². The number of esters is 2. The van der Waals surface area contributed by atoms with Crippen LogP contribution in [0, 0.1) is 23.2 Å². The number of nitriles is 1. The highest BCUT2D eigenvalue weighted by Gasteiger charge is 2.34. The molecule has 0 aliphatic carbocycles. The third kappa shape index (κ3) is 2.75. The van der Waals surface area contributed by atoms with Gasteiger partial charge in [-0.3, -0.25) is 9.59 Å². The number of hydrogen-bond donors (Lipinski definition) is 0. The molecule has 0 saturated heterocycles. The van der Waals surface area contributed by atoms with Gasteiger partial charge in [0, 0.05) is 0 Å². The number of rotatable bonds is 3. The van der Waals surface area contributed by atoms with Crippen LogP contribution in [0.2, 0.25) is 0 Å². The molecular formula is C8H11NO4. The summed E-state index contributed by atoms with van der Waals surface area (Å²) in [6.45, 7) is 1.46. The van der Waals surface area contributed by atoms with Crippen molar-refractivity contribution in [2.75, 3.05) is 14.2 Å². The highest BCUT2D eigenvalue weighted by Crippen LogP contribution is 2.13. The molecule has 5 heteroatoms. The maximum atomic E-state index is 11.0. The quantitative estimate of drug-likeness (QED) is 0.460. The van der Waals surface area contributed by atoms with Crippen molar-refractivity contribution < 1.29 is 19.1 Å². The average Bonchev–Trinajstić information content (AvgIpc) is 2.16. The molecule has 0 bridgehead atoms. The number of hydrogen-bond acceptors (Lipinski definition) is 5. The Morgan fingerprint density at radius 1 is 1.23 bits per heavy atom. The van der Waals surface area contributed by atoms with Crippen LogP contribution in [0.15, 0.2) is 0 Å². The molecule has 0 saturated carbocycles. The monoisotopic (exact) mass is 185 g/mol. The zero-order chi connectivity index (χ0) is 10.4. The summed E-state index contributed by atoms with van der Waals surface area (Å²) in [5, 5.41) is 8.53. The third-order valence-electron chi connectivity index (χ3n) is 1.61. The summed E-state index contributed by atoms with van der Waals surface area (Å²) < 4.78 is 8.73. The van der Waals surface area contributed by atoms with Crippen LogP contribution in [0.4, 0.5) is 0 Å². The van der Waals surface area contributed by atoms with Crippen molar-refractivity contribution in [3.63, 3.8) is 0 Å². The van der Waals surface area contributed by atoms with Crippen molar-refractivity contribution in [1.82, 2.24) is 0 Å². The van der Waals surface area contributed by atoms with Gasteiger partial charge >= 0.3 is 11.9 Å². The molecule has 0 radical (unpaired) electrons. The summed E-state index contributed by atoms with van der Waals surface area (Å²) in [6, 6.07) is 1.79. The third-order valence-corrected chi connectivity index (χ3v) is 1.61. The summed E-state index contributed by atoms with van der Waals surface area (Å²) in [5.74, 6) is -3.40. The van der Waals surface area contributed by atoms with Gasteiger partial charge in [0.25, 0.3) is 0 Å². The van der Waals surface area contributed by atoms with Crippen LogP contribution in [0.5, 0.6) is 0 Å². The van der Waals surface area contributed by atoms with E-state index in [1.807, 2.05) is 0 Å². The Morgan fingerprint density at radius 3 is 1.85 bits per heavy atom. The maximum absolute atomic E-state index is 11.0. The van der Waals surface area contributed by atoms with Gasteiger partial charge < -0.3 is 9.47 Å². The number of carbonyl (C=O) groups is 2. The molecule has 0 rings (SSSR count). The molecule has 0 aliphatic rings. The second-order valence-electron chi connectivity index (χ2n) is 2.44. The Balaban J connectivity index is 4.66. The van der Waals surface area contributed by atoms with Crippen LogP contribution in [0.1, 0.15) is 6.92 Å². The Hall–Kier alpha value is -1.57. The zero-order valence-electron chi connectivity index (χ0n) is 7.73. The molecule has 5 nitrogen and oxygen atoms in total. The number of methoxy groups -OCH3 is 2. The van der Waals surface area contributed by atoms with E-state index in [2.05, 4.69) is 9.47 Å². The lowest BCUT2D eigenvalue weighted by Gasteiger charge is -2.13. The Morgan fingerprint density at radius 2 is 1.62 bits per heavy atom. The minimum absolute atomic E-state index is 0.749. The second kappa shape index (κ2) is 5.14. The lowest BCUT2D eigenvalue weighted by molar-refractivity contribution is -0.160. The average molecular weight is 185 g/mol. The van der Waals surface area contributed by atoms with Crippen LogP contribution in [0.25, 0.3) is 0 Å². The lowest BCUT2D eigenvalue weighted by Crippen LogP contribution is -2.31. The predicted octanol–water partition coefficient (Wildman–Crippen LogP) is 0.108. The normalized spacial score (nSPS) is 11.6. The molecule has 0 amide bonds. The summed E-state index contributed by atoms with van der Waals surface area (Å²) in [6.07, 6.45) is 0. The summed E-state index contributed by atoms with van der Waals surface area (Å²) in [4.78, 5) is 22.1. The van der Waals surface area contributed by atoms with E-state index in [4.69, 9.17) is 5.26 Å².